The number of hydroxylamine groups is 1. The zero-order valence-electron chi connectivity index (χ0n) is 15.3. The second-order valence-corrected chi connectivity index (χ2v) is 7.67. The maximum absolute atomic E-state index is 12.4. The fourth-order valence-corrected chi connectivity index (χ4v) is 1.74. The van der Waals surface area contributed by atoms with Crippen LogP contribution in [-0.4, -0.2) is 22.6 Å². The molecule has 7 nitrogen and oxygen atoms in total. The molecule has 0 aliphatic carbocycles. The van der Waals surface area contributed by atoms with Gasteiger partial charge >= 0.3 is 12.1 Å². The minimum absolute atomic E-state index is 0.142. The molecule has 134 valence electrons. The average Bonchev–Trinajstić information content (AvgIpc) is 2.41. The number of nitrogens with two attached hydrogens (primary N) is 1. The number of ether oxygens (including phenoxy) is 1. The molecule has 1 rings (SSSR count). The monoisotopic (exact) mass is 337 g/mol. The maximum Gasteiger partial charge on any atom is 0.450 e. The van der Waals surface area contributed by atoms with E-state index in [2.05, 4.69) is 4.98 Å². The summed E-state index contributed by atoms with van der Waals surface area (Å²) < 4.78 is 5.30. The minimum Gasteiger partial charge on any atom is -0.441 e. The van der Waals surface area contributed by atoms with Crippen LogP contribution in [-0.2, 0) is 20.9 Å². The number of aromatic nitrogens is 1. The fraction of sp³-hybridized carbons (Fsp3) is 0.588. The van der Waals surface area contributed by atoms with Gasteiger partial charge in [0.1, 0.15) is 5.60 Å². The topological polar surface area (TPSA) is 94.8 Å². The lowest BCUT2D eigenvalue weighted by molar-refractivity contribution is -0.147. The third-order valence-corrected chi connectivity index (χ3v) is 2.64. The first-order valence-electron chi connectivity index (χ1n) is 7.81. The quantitative estimate of drug-likeness (QED) is 0.851. The van der Waals surface area contributed by atoms with E-state index in [1.54, 1.807) is 39.0 Å². The van der Waals surface area contributed by atoms with Gasteiger partial charge in [0, 0.05) is 6.54 Å². The molecule has 0 saturated heterocycles. The van der Waals surface area contributed by atoms with Gasteiger partial charge in [0.25, 0.3) is 0 Å². The molecular formula is C17H27N3O4. The van der Waals surface area contributed by atoms with Gasteiger partial charge in [-0.15, -0.1) is 0 Å². The van der Waals surface area contributed by atoms with Crippen molar-refractivity contribution in [3.63, 3.8) is 0 Å². The van der Waals surface area contributed by atoms with Gasteiger partial charge in [0.15, 0.2) is 5.82 Å². The second kappa shape index (κ2) is 7.61. The highest BCUT2D eigenvalue weighted by Crippen LogP contribution is 2.22. The normalized spacial score (nSPS) is 11.8. The van der Waals surface area contributed by atoms with Crippen LogP contribution in [0.1, 0.15) is 53.7 Å². The highest BCUT2D eigenvalue weighted by atomic mass is 16.8. The lowest BCUT2D eigenvalue weighted by atomic mass is 9.93. The molecule has 0 aliphatic rings. The van der Waals surface area contributed by atoms with Crippen molar-refractivity contribution in [2.75, 3.05) is 5.06 Å². The minimum atomic E-state index is -0.813. The van der Waals surface area contributed by atoms with Gasteiger partial charge in [-0.2, -0.15) is 0 Å². The highest BCUT2D eigenvalue weighted by Gasteiger charge is 2.29. The summed E-state index contributed by atoms with van der Waals surface area (Å²) in [5, 5.41) is 0.776. The van der Waals surface area contributed by atoms with Crippen LogP contribution in [0.25, 0.3) is 0 Å². The molecule has 0 aliphatic heterocycles. The molecule has 0 spiro atoms. The van der Waals surface area contributed by atoms with Gasteiger partial charge in [-0.25, -0.2) is 14.6 Å². The van der Waals surface area contributed by atoms with E-state index in [1.165, 1.54) is 0 Å². The summed E-state index contributed by atoms with van der Waals surface area (Å²) in [6, 6.07) is 4.95. The number of nitrogens with zero attached hydrogens (tertiary/aromatic N) is 2. The largest absolute Gasteiger partial charge is 0.450 e. The van der Waals surface area contributed by atoms with E-state index in [0.717, 1.165) is 5.06 Å². The van der Waals surface area contributed by atoms with Gasteiger partial charge in [-0.05, 0) is 38.3 Å². The Morgan fingerprint density at radius 1 is 1.17 bits per heavy atom. The molecule has 1 aromatic heterocycles. The summed E-state index contributed by atoms with van der Waals surface area (Å²) in [4.78, 5) is 34.0. The summed E-state index contributed by atoms with van der Waals surface area (Å²) in [5.74, 6) is -0.400. The van der Waals surface area contributed by atoms with Crippen molar-refractivity contribution in [3.8, 4) is 0 Å². The van der Waals surface area contributed by atoms with Crippen molar-refractivity contribution in [1.82, 2.24) is 4.98 Å². The molecule has 1 aromatic rings. The third-order valence-electron chi connectivity index (χ3n) is 2.64. The van der Waals surface area contributed by atoms with Crippen LogP contribution in [0.4, 0.5) is 10.6 Å². The smallest absolute Gasteiger partial charge is 0.441 e. The molecule has 0 unspecified atom stereocenters. The van der Waals surface area contributed by atoms with Crippen LogP contribution < -0.4 is 10.8 Å². The van der Waals surface area contributed by atoms with Crippen LogP contribution in [0.5, 0.6) is 0 Å². The number of carbonyl (C=O) groups is 2. The van der Waals surface area contributed by atoms with E-state index in [4.69, 9.17) is 15.3 Å². The zero-order valence-corrected chi connectivity index (χ0v) is 15.3. The third kappa shape index (κ3) is 6.95. The van der Waals surface area contributed by atoms with E-state index in [1.807, 2.05) is 20.8 Å². The molecule has 0 radical (unpaired) electrons. The number of pyridine rings is 1. The predicted molar refractivity (Wildman–Crippen MR) is 91.0 cm³/mol. The number of carbonyl (C=O) groups excluding carboxylic acids is 2. The molecule has 7 heteroatoms. The van der Waals surface area contributed by atoms with Gasteiger partial charge in [0.2, 0.25) is 0 Å². The van der Waals surface area contributed by atoms with Crippen LogP contribution in [0, 0.1) is 5.41 Å². The first-order chi connectivity index (χ1) is 10.9. The predicted octanol–water partition coefficient (Wildman–Crippen LogP) is 3.18. The van der Waals surface area contributed by atoms with Gasteiger partial charge in [0.05, 0.1) is 12.1 Å². The van der Waals surface area contributed by atoms with Gasteiger partial charge in [-0.3, -0.25) is 0 Å². The number of hydrogen-bond donors (Lipinski definition) is 1. The lowest BCUT2D eigenvalue weighted by Crippen LogP contribution is -2.39. The van der Waals surface area contributed by atoms with Crippen molar-refractivity contribution in [2.24, 2.45) is 11.1 Å². The molecule has 0 atom stereocenters. The van der Waals surface area contributed by atoms with Crippen LogP contribution in [0.3, 0.4) is 0 Å². The molecule has 0 aromatic carbocycles. The van der Waals surface area contributed by atoms with E-state index < -0.39 is 17.7 Å². The Hall–Kier alpha value is -2.15. The molecule has 1 amide bonds. The first-order valence-corrected chi connectivity index (χ1v) is 7.81. The first kappa shape index (κ1) is 19.9. The second-order valence-electron chi connectivity index (χ2n) is 7.67. The maximum atomic E-state index is 12.4. The molecule has 0 fully saturated rings. The van der Waals surface area contributed by atoms with Gasteiger partial charge < -0.3 is 15.3 Å². The number of hydrogen-bond acceptors (Lipinski definition) is 6. The highest BCUT2D eigenvalue weighted by molar-refractivity contribution is 5.87. The van der Waals surface area contributed by atoms with Crippen LogP contribution in [0.2, 0.25) is 0 Å². The Balaban J connectivity index is 3.07. The SMILES string of the molecule is CC(C)(C)CC(=O)ON(C(=O)OC(C)(C)C)c1cccc(CN)n1. The van der Waals surface area contributed by atoms with Crippen molar-refractivity contribution in [3.05, 3.63) is 23.9 Å². The van der Waals surface area contributed by atoms with Crippen molar-refractivity contribution < 1.29 is 19.2 Å². The Labute approximate surface area is 143 Å². The Morgan fingerprint density at radius 2 is 1.79 bits per heavy atom. The molecule has 1 heterocycles. The summed E-state index contributed by atoms with van der Waals surface area (Å²) in [5.41, 5.74) is 5.13. The van der Waals surface area contributed by atoms with E-state index in [0.29, 0.717) is 5.69 Å². The molecule has 24 heavy (non-hydrogen) atoms. The lowest BCUT2D eigenvalue weighted by Gasteiger charge is -2.26. The molecule has 0 saturated carbocycles. The van der Waals surface area contributed by atoms with Crippen LogP contribution in [0.15, 0.2) is 18.2 Å². The Bertz CT molecular complexity index is 588. The average molecular weight is 337 g/mol. The van der Waals surface area contributed by atoms with Gasteiger partial charge in [-0.1, -0.05) is 31.9 Å². The van der Waals surface area contributed by atoms with Crippen LogP contribution >= 0.6 is 0 Å². The number of anilines is 1. The summed E-state index contributed by atoms with van der Waals surface area (Å²) in [7, 11) is 0. The number of rotatable bonds is 3. The van der Waals surface area contributed by atoms with Crippen molar-refractivity contribution >= 4 is 17.9 Å². The summed E-state index contributed by atoms with van der Waals surface area (Å²) >= 11 is 0. The number of amides is 1. The summed E-state index contributed by atoms with van der Waals surface area (Å²) in [6.07, 6.45) is -0.672. The summed E-state index contributed by atoms with van der Waals surface area (Å²) in [6.45, 7) is 11.1. The Kier molecular flexibility index (Phi) is 6.31. The van der Waals surface area contributed by atoms with E-state index in [9.17, 15) is 9.59 Å². The Morgan fingerprint density at radius 3 is 2.29 bits per heavy atom. The van der Waals surface area contributed by atoms with Crippen molar-refractivity contribution in [1.29, 1.82) is 0 Å². The van der Waals surface area contributed by atoms with E-state index in [-0.39, 0.29) is 24.2 Å². The molecular weight excluding hydrogens is 310 g/mol. The molecule has 2 N–H and O–H groups in total. The molecule has 0 bridgehead atoms. The standard InChI is InChI=1S/C17H27N3O4/c1-16(2,3)10-14(21)24-20(15(22)23-17(4,5)6)13-9-7-8-12(11-18)19-13/h7-9H,10-11,18H2,1-6H3. The zero-order chi connectivity index (χ0) is 18.5. The van der Waals surface area contributed by atoms with Crippen molar-refractivity contribution in [2.45, 2.75) is 60.1 Å². The fourth-order valence-electron chi connectivity index (χ4n) is 1.74. The van der Waals surface area contributed by atoms with E-state index >= 15 is 0 Å².